The Kier molecular flexibility index (Phi) is 5.52. The fraction of sp³-hybridized carbons (Fsp3) is 0.250. The number of fused-ring (bicyclic) bond motifs is 1. The molecule has 0 radical (unpaired) electrons. The lowest BCUT2D eigenvalue weighted by Gasteiger charge is -2.17. The number of benzene rings is 2. The van der Waals surface area contributed by atoms with Gasteiger partial charge < -0.3 is 5.32 Å². The molecular weight excluding hydrogens is 420 g/mol. The number of carbonyl (C=O) groups is 1. The van der Waals surface area contributed by atoms with Gasteiger partial charge in [-0.3, -0.25) is 10.1 Å². The Morgan fingerprint density at radius 3 is 2.77 bits per heavy atom. The second-order valence-corrected chi connectivity index (χ2v) is 7.90. The van der Waals surface area contributed by atoms with Crippen molar-refractivity contribution in [3.05, 3.63) is 75.0 Å². The van der Waals surface area contributed by atoms with Crippen molar-refractivity contribution >= 4 is 22.4 Å². The molecule has 2 N–H and O–H groups in total. The highest BCUT2D eigenvalue weighted by molar-refractivity contribution is 7.15. The number of rotatable bonds is 4. The summed E-state index contributed by atoms with van der Waals surface area (Å²) in [6.07, 6.45) is -4.02. The summed E-state index contributed by atoms with van der Waals surface area (Å²) in [5.74, 6) is -1.33. The van der Waals surface area contributed by atoms with E-state index in [4.69, 9.17) is 0 Å². The van der Waals surface area contributed by atoms with Gasteiger partial charge in [0.1, 0.15) is 10.8 Å². The molecule has 0 aliphatic carbocycles. The van der Waals surface area contributed by atoms with Crippen molar-refractivity contribution in [1.82, 2.24) is 15.5 Å². The number of amides is 1. The normalized spacial score (nSPS) is 13.7. The Morgan fingerprint density at radius 1 is 1.13 bits per heavy atom. The Labute approximate surface area is 173 Å². The fourth-order valence-corrected chi connectivity index (χ4v) is 4.05. The van der Waals surface area contributed by atoms with E-state index in [0.29, 0.717) is 11.6 Å². The number of halogens is 4. The van der Waals surface area contributed by atoms with Gasteiger partial charge in [-0.25, -0.2) is 4.39 Å². The molecule has 1 aromatic heterocycles. The molecule has 1 aliphatic rings. The van der Waals surface area contributed by atoms with Crippen LogP contribution in [0.2, 0.25) is 0 Å². The fourth-order valence-electron chi connectivity index (χ4n) is 3.29. The highest BCUT2D eigenvalue weighted by Gasteiger charge is 2.34. The summed E-state index contributed by atoms with van der Waals surface area (Å²) >= 11 is 0.978. The summed E-state index contributed by atoms with van der Waals surface area (Å²) in [5.41, 5.74) is 1.57. The van der Waals surface area contributed by atoms with Crippen LogP contribution in [0.1, 0.15) is 37.6 Å². The van der Waals surface area contributed by atoms with Gasteiger partial charge in [0.2, 0.25) is 5.13 Å². The van der Waals surface area contributed by atoms with E-state index in [0.717, 1.165) is 54.1 Å². The van der Waals surface area contributed by atoms with E-state index in [1.807, 2.05) is 12.1 Å². The topological polar surface area (TPSA) is 66.9 Å². The van der Waals surface area contributed by atoms with E-state index in [2.05, 4.69) is 20.8 Å². The molecule has 2 heterocycles. The molecule has 0 saturated carbocycles. The number of carbonyl (C=O) groups excluding carboxylic acids is 1. The van der Waals surface area contributed by atoms with Crippen LogP contribution >= 0.6 is 11.3 Å². The first-order valence-electron chi connectivity index (χ1n) is 9.11. The first kappa shape index (κ1) is 20.4. The third kappa shape index (κ3) is 4.49. The molecule has 10 heteroatoms. The van der Waals surface area contributed by atoms with E-state index in [1.165, 1.54) is 0 Å². The summed E-state index contributed by atoms with van der Waals surface area (Å²) < 4.78 is 52.7. The van der Waals surface area contributed by atoms with Crippen molar-refractivity contribution in [2.45, 2.75) is 25.6 Å². The first-order valence-corrected chi connectivity index (χ1v) is 9.93. The first-order chi connectivity index (χ1) is 14.3. The average molecular weight is 436 g/mol. The molecule has 0 bridgehead atoms. The van der Waals surface area contributed by atoms with Gasteiger partial charge in [0.25, 0.3) is 5.91 Å². The molecule has 1 aliphatic heterocycles. The van der Waals surface area contributed by atoms with Crippen LogP contribution in [0.3, 0.4) is 0 Å². The number of alkyl halides is 3. The highest BCUT2D eigenvalue weighted by Crippen LogP contribution is 2.34. The van der Waals surface area contributed by atoms with E-state index >= 15 is 0 Å². The molecule has 0 spiro atoms. The quantitative estimate of drug-likeness (QED) is 0.602. The number of nitrogens with one attached hydrogen (secondary N) is 2. The molecule has 1 amide bonds. The highest BCUT2D eigenvalue weighted by atomic mass is 32.1. The van der Waals surface area contributed by atoms with Crippen molar-refractivity contribution in [3.8, 4) is 0 Å². The van der Waals surface area contributed by atoms with Gasteiger partial charge >= 0.3 is 6.18 Å². The number of hydrogen-bond donors (Lipinski definition) is 2. The van der Waals surface area contributed by atoms with Gasteiger partial charge in [0, 0.05) is 18.5 Å². The summed E-state index contributed by atoms with van der Waals surface area (Å²) in [7, 11) is 0. The second-order valence-electron chi connectivity index (χ2n) is 6.84. The van der Waals surface area contributed by atoms with E-state index < -0.39 is 17.6 Å². The predicted octanol–water partition coefficient (Wildman–Crippen LogP) is 4.18. The van der Waals surface area contributed by atoms with Crippen LogP contribution in [0.15, 0.2) is 36.4 Å². The minimum atomic E-state index is -4.68. The third-order valence-corrected chi connectivity index (χ3v) is 5.60. The van der Waals surface area contributed by atoms with Crippen molar-refractivity contribution in [1.29, 1.82) is 0 Å². The lowest BCUT2D eigenvalue weighted by atomic mass is 9.98. The van der Waals surface area contributed by atoms with Gasteiger partial charge in [0.05, 0.1) is 5.56 Å². The summed E-state index contributed by atoms with van der Waals surface area (Å²) in [6, 6.07) is 7.97. The molecular formula is C20H16F4N4OS. The predicted molar refractivity (Wildman–Crippen MR) is 104 cm³/mol. The van der Waals surface area contributed by atoms with Gasteiger partial charge in [-0.2, -0.15) is 13.2 Å². The molecule has 4 rings (SSSR count). The molecule has 0 fully saturated rings. The molecule has 0 atom stereocenters. The number of nitrogens with zero attached hydrogens (tertiary/aromatic N) is 2. The zero-order chi connectivity index (χ0) is 21.3. The zero-order valence-corrected chi connectivity index (χ0v) is 16.3. The molecule has 2 aromatic carbocycles. The van der Waals surface area contributed by atoms with E-state index in [1.54, 1.807) is 6.07 Å². The van der Waals surface area contributed by atoms with Crippen LogP contribution in [-0.2, 0) is 25.6 Å². The Bertz CT molecular complexity index is 1100. The molecule has 3 aromatic rings. The van der Waals surface area contributed by atoms with Gasteiger partial charge in [0.15, 0.2) is 0 Å². The maximum absolute atomic E-state index is 13.3. The molecule has 156 valence electrons. The maximum Gasteiger partial charge on any atom is 0.416 e. The minimum Gasteiger partial charge on any atom is -0.312 e. The second kappa shape index (κ2) is 8.11. The Hall–Kier alpha value is -2.85. The molecule has 0 saturated heterocycles. The van der Waals surface area contributed by atoms with Crippen molar-refractivity contribution < 1.29 is 22.4 Å². The monoisotopic (exact) mass is 436 g/mol. The molecule has 5 nitrogen and oxygen atoms in total. The largest absolute Gasteiger partial charge is 0.416 e. The Morgan fingerprint density at radius 2 is 1.97 bits per heavy atom. The Balaban J connectivity index is 1.48. The number of aromatic nitrogens is 2. The minimum absolute atomic E-state index is 0.110. The molecule has 0 unspecified atom stereocenters. The zero-order valence-electron chi connectivity index (χ0n) is 15.5. The van der Waals surface area contributed by atoms with Crippen molar-refractivity contribution in [2.24, 2.45) is 0 Å². The lowest BCUT2D eigenvalue weighted by molar-refractivity contribution is -0.138. The molecule has 30 heavy (non-hydrogen) atoms. The van der Waals surface area contributed by atoms with Crippen LogP contribution in [-0.4, -0.2) is 22.6 Å². The summed E-state index contributed by atoms with van der Waals surface area (Å²) in [6.45, 7) is 1.61. The average Bonchev–Trinajstić information content (AvgIpc) is 3.15. The summed E-state index contributed by atoms with van der Waals surface area (Å²) in [4.78, 5) is 12.5. The number of hydrogen-bond acceptors (Lipinski definition) is 5. The number of anilines is 1. The smallest absolute Gasteiger partial charge is 0.312 e. The van der Waals surface area contributed by atoms with E-state index in [-0.39, 0.29) is 28.0 Å². The SMILES string of the molecule is O=C(Nc1nnc(Cc2ccc(F)cc2C(F)(F)F)s1)c1ccc2c(c1)CCNC2. The van der Waals surface area contributed by atoms with Crippen LogP contribution < -0.4 is 10.6 Å². The van der Waals surface area contributed by atoms with Gasteiger partial charge in [-0.05, 0) is 53.9 Å². The standard InChI is InChI=1S/C20H16F4N4OS/c21-15-4-3-12(16(9-15)20(22,23)24)8-17-27-28-19(30-17)26-18(29)13-1-2-14-10-25-6-5-11(14)7-13/h1-4,7,9,25H,5-6,8,10H2,(H,26,28,29). The van der Waals surface area contributed by atoms with Gasteiger partial charge in [-0.1, -0.05) is 23.5 Å². The van der Waals surface area contributed by atoms with Crippen LogP contribution in [0.4, 0.5) is 22.7 Å². The van der Waals surface area contributed by atoms with Crippen LogP contribution in [0, 0.1) is 5.82 Å². The lowest BCUT2D eigenvalue weighted by Crippen LogP contribution is -2.24. The van der Waals surface area contributed by atoms with Gasteiger partial charge in [-0.15, -0.1) is 10.2 Å². The van der Waals surface area contributed by atoms with Crippen molar-refractivity contribution in [2.75, 3.05) is 11.9 Å². The van der Waals surface area contributed by atoms with E-state index in [9.17, 15) is 22.4 Å². The third-order valence-electron chi connectivity index (χ3n) is 4.76. The summed E-state index contributed by atoms with van der Waals surface area (Å²) in [5, 5.41) is 14.1. The van der Waals surface area contributed by atoms with Crippen LogP contribution in [0.5, 0.6) is 0 Å². The van der Waals surface area contributed by atoms with Crippen molar-refractivity contribution in [3.63, 3.8) is 0 Å². The van der Waals surface area contributed by atoms with Crippen LogP contribution in [0.25, 0.3) is 0 Å². The maximum atomic E-state index is 13.3.